The van der Waals surface area contributed by atoms with E-state index < -0.39 is 24.2 Å². The molecular formula is C33H46F3N5O5. The first kappa shape index (κ1) is 36.8. The van der Waals surface area contributed by atoms with Crippen LogP contribution in [0.5, 0.6) is 5.75 Å². The molecule has 13 heteroatoms. The molecule has 1 saturated heterocycles. The Morgan fingerprint density at radius 1 is 1.13 bits per heavy atom. The monoisotopic (exact) mass is 649 g/mol. The SMILES string of the molecule is CCCCN=C(N)NC(=O)C(Cc1ccc(-c2ccccc2)c(OCCCOC)c1CN1CC[C@@H](N(C)C)C1)OC(=O)C(F)(F)F. The van der Waals surface area contributed by atoms with Crippen LogP contribution in [0.2, 0.25) is 0 Å². The molecule has 0 bridgehead atoms. The van der Waals surface area contributed by atoms with Crippen molar-refractivity contribution in [3.8, 4) is 16.9 Å². The van der Waals surface area contributed by atoms with Crippen LogP contribution in [0.1, 0.15) is 43.7 Å². The second-order valence-electron chi connectivity index (χ2n) is 11.5. The first-order valence-electron chi connectivity index (χ1n) is 15.5. The van der Waals surface area contributed by atoms with Crippen molar-refractivity contribution in [3.63, 3.8) is 0 Å². The molecule has 2 atom stereocenters. The Balaban J connectivity index is 2.08. The predicted octanol–water partition coefficient (Wildman–Crippen LogP) is 4.15. The van der Waals surface area contributed by atoms with Crippen LogP contribution in [0.25, 0.3) is 11.1 Å². The molecule has 3 rings (SSSR count). The second kappa shape index (κ2) is 17.9. The van der Waals surface area contributed by atoms with Gasteiger partial charge >= 0.3 is 12.1 Å². The van der Waals surface area contributed by atoms with Gasteiger partial charge in [0, 0.05) is 69.9 Å². The lowest BCUT2D eigenvalue weighted by molar-refractivity contribution is -0.205. The minimum Gasteiger partial charge on any atom is -0.493 e. The maximum atomic E-state index is 13.3. The molecule has 0 aliphatic carbocycles. The fourth-order valence-electron chi connectivity index (χ4n) is 5.21. The lowest BCUT2D eigenvalue weighted by atomic mass is 9.93. The molecule has 0 saturated carbocycles. The molecule has 1 aliphatic heterocycles. The fourth-order valence-corrected chi connectivity index (χ4v) is 5.21. The molecule has 1 aliphatic rings. The summed E-state index contributed by atoms with van der Waals surface area (Å²) in [4.78, 5) is 33.7. The number of likely N-dealkylation sites (N-methyl/N-ethyl adjacent to an activating group) is 1. The average molecular weight is 650 g/mol. The summed E-state index contributed by atoms with van der Waals surface area (Å²) in [5.74, 6) is -3.19. The van der Waals surface area contributed by atoms with Crippen LogP contribution in [0, 0.1) is 0 Å². The third-order valence-corrected chi connectivity index (χ3v) is 7.76. The number of benzene rings is 2. The lowest BCUT2D eigenvalue weighted by Gasteiger charge is -2.26. The number of nitrogens with one attached hydrogen (secondary N) is 1. The molecule has 3 N–H and O–H groups in total. The fraction of sp³-hybridized carbons (Fsp3) is 0.545. The van der Waals surface area contributed by atoms with Crippen LogP contribution in [-0.2, 0) is 32.0 Å². The standard InChI is InChI=1S/C33H46F3N5O5/c1-5-6-16-38-32(37)39-30(42)28(46-31(43)33(34,35)36)20-24-13-14-26(23-11-8-7-9-12-23)29(45-19-10-18-44-4)27(24)22-41-17-15-25(21-41)40(2)3/h7-9,11-14,25,28H,5-6,10,15-22H2,1-4H3,(H3,37,38,39,42)/t25-,28?/m1/s1. The summed E-state index contributed by atoms with van der Waals surface area (Å²) in [5, 5.41) is 2.31. The average Bonchev–Trinajstić information content (AvgIpc) is 3.49. The van der Waals surface area contributed by atoms with Crippen molar-refractivity contribution in [2.45, 2.75) is 63.9 Å². The van der Waals surface area contributed by atoms with Gasteiger partial charge in [0.1, 0.15) is 5.75 Å². The molecule has 2 aromatic rings. The highest BCUT2D eigenvalue weighted by atomic mass is 19.4. The summed E-state index contributed by atoms with van der Waals surface area (Å²) in [7, 11) is 5.65. The van der Waals surface area contributed by atoms with Gasteiger partial charge < -0.3 is 24.8 Å². The predicted molar refractivity (Wildman–Crippen MR) is 170 cm³/mol. The first-order valence-corrected chi connectivity index (χ1v) is 15.5. The molecule has 46 heavy (non-hydrogen) atoms. The van der Waals surface area contributed by atoms with E-state index in [1.165, 1.54) is 0 Å². The number of unbranched alkanes of at least 4 members (excludes halogenated alkanes) is 1. The molecular weight excluding hydrogens is 603 g/mol. The number of carbonyl (C=O) groups excluding carboxylic acids is 2. The normalized spacial score (nSPS) is 16.4. The highest BCUT2D eigenvalue weighted by Crippen LogP contribution is 2.38. The van der Waals surface area contributed by atoms with Gasteiger partial charge in [-0.15, -0.1) is 0 Å². The molecule has 0 spiro atoms. The number of hydrogen-bond donors (Lipinski definition) is 2. The Morgan fingerprint density at radius 2 is 1.87 bits per heavy atom. The van der Waals surface area contributed by atoms with Crippen LogP contribution in [0.15, 0.2) is 47.5 Å². The summed E-state index contributed by atoms with van der Waals surface area (Å²) in [6.45, 7) is 5.04. The van der Waals surface area contributed by atoms with Crippen molar-refractivity contribution in [1.29, 1.82) is 0 Å². The Hall–Kier alpha value is -3.68. The molecule has 0 aromatic heterocycles. The molecule has 0 radical (unpaired) electrons. The van der Waals surface area contributed by atoms with Gasteiger partial charge in [0.15, 0.2) is 12.1 Å². The van der Waals surface area contributed by atoms with Crippen LogP contribution in [0.3, 0.4) is 0 Å². The smallest absolute Gasteiger partial charge is 0.490 e. The van der Waals surface area contributed by atoms with E-state index in [0.717, 1.165) is 37.1 Å². The Bertz CT molecular complexity index is 1310. The molecule has 2 aromatic carbocycles. The quantitative estimate of drug-likeness (QED) is 0.121. The van der Waals surface area contributed by atoms with Gasteiger partial charge in [-0.3, -0.25) is 20.0 Å². The minimum absolute atomic E-state index is 0.264. The summed E-state index contributed by atoms with van der Waals surface area (Å²) in [5.41, 5.74) is 8.73. The molecule has 1 heterocycles. The summed E-state index contributed by atoms with van der Waals surface area (Å²) in [6, 6.07) is 13.5. The van der Waals surface area contributed by atoms with E-state index in [0.29, 0.717) is 62.1 Å². The van der Waals surface area contributed by atoms with Crippen molar-refractivity contribution < 1.29 is 37.0 Å². The van der Waals surface area contributed by atoms with E-state index in [-0.39, 0.29) is 12.4 Å². The van der Waals surface area contributed by atoms with Gasteiger partial charge in [-0.25, -0.2) is 4.79 Å². The molecule has 254 valence electrons. The maximum Gasteiger partial charge on any atom is 0.490 e. The summed E-state index contributed by atoms with van der Waals surface area (Å²) in [6.07, 6.45) is -4.41. The van der Waals surface area contributed by atoms with E-state index in [1.807, 2.05) is 57.4 Å². The van der Waals surface area contributed by atoms with Crippen LogP contribution >= 0.6 is 0 Å². The van der Waals surface area contributed by atoms with Crippen LogP contribution in [0.4, 0.5) is 13.2 Å². The number of esters is 1. The lowest BCUT2D eigenvalue weighted by Crippen LogP contribution is -2.46. The number of aliphatic imine (C=N–C) groups is 1. The van der Waals surface area contributed by atoms with Gasteiger partial charge in [0.05, 0.1) is 6.61 Å². The number of ether oxygens (including phenoxy) is 3. The van der Waals surface area contributed by atoms with Crippen LogP contribution in [-0.4, -0.2) is 100 Å². The number of hydrogen-bond acceptors (Lipinski definition) is 8. The zero-order chi connectivity index (χ0) is 33.7. The van der Waals surface area contributed by atoms with Crippen molar-refractivity contribution in [2.24, 2.45) is 10.7 Å². The molecule has 1 fully saturated rings. The largest absolute Gasteiger partial charge is 0.493 e. The van der Waals surface area contributed by atoms with E-state index in [9.17, 15) is 22.8 Å². The van der Waals surface area contributed by atoms with E-state index in [4.69, 9.17) is 19.9 Å². The van der Waals surface area contributed by atoms with Crippen molar-refractivity contribution in [2.75, 3.05) is 54.1 Å². The second-order valence-corrected chi connectivity index (χ2v) is 11.5. The third-order valence-electron chi connectivity index (χ3n) is 7.76. The topological polar surface area (TPSA) is 119 Å². The Morgan fingerprint density at radius 3 is 2.50 bits per heavy atom. The number of carbonyl (C=O) groups is 2. The number of alkyl halides is 3. The maximum absolute atomic E-state index is 13.3. The number of amides is 1. The first-order chi connectivity index (χ1) is 21.9. The number of guanidine groups is 1. The third kappa shape index (κ3) is 11.0. The van der Waals surface area contributed by atoms with Gasteiger partial charge in [0.2, 0.25) is 0 Å². The van der Waals surface area contributed by atoms with Crippen molar-refractivity contribution in [3.05, 3.63) is 53.6 Å². The van der Waals surface area contributed by atoms with Gasteiger partial charge in [-0.05, 0) is 38.1 Å². The number of nitrogens with two attached hydrogens (primary N) is 1. The number of methoxy groups -OCH3 is 1. The Kier molecular flexibility index (Phi) is 14.3. The molecule has 10 nitrogen and oxygen atoms in total. The van der Waals surface area contributed by atoms with Crippen molar-refractivity contribution in [1.82, 2.24) is 15.1 Å². The number of rotatable bonds is 16. The van der Waals surface area contributed by atoms with E-state index in [1.54, 1.807) is 13.2 Å². The molecule has 1 unspecified atom stereocenters. The minimum atomic E-state index is -5.30. The number of nitrogens with zero attached hydrogens (tertiary/aromatic N) is 3. The van der Waals surface area contributed by atoms with E-state index >= 15 is 0 Å². The van der Waals surface area contributed by atoms with Gasteiger partial charge in [-0.2, -0.15) is 13.2 Å². The number of halogens is 3. The highest BCUT2D eigenvalue weighted by molar-refractivity contribution is 5.99. The van der Waals surface area contributed by atoms with Gasteiger partial charge in [-0.1, -0.05) is 55.8 Å². The van der Waals surface area contributed by atoms with Crippen molar-refractivity contribution >= 4 is 17.8 Å². The molecule has 1 amide bonds. The highest BCUT2D eigenvalue weighted by Gasteiger charge is 2.43. The van der Waals surface area contributed by atoms with Crippen LogP contribution < -0.4 is 15.8 Å². The zero-order valence-electron chi connectivity index (χ0n) is 27.1. The summed E-state index contributed by atoms with van der Waals surface area (Å²) < 4.78 is 56.4. The number of likely N-dealkylation sites (tertiary alicyclic amines) is 1. The Labute approximate surface area is 269 Å². The zero-order valence-corrected chi connectivity index (χ0v) is 27.1. The van der Waals surface area contributed by atoms with E-state index in [2.05, 4.69) is 20.1 Å². The summed E-state index contributed by atoms with van der Waals surface area (Å²) >= 11 is 0. The van der Waals surface area contributed by atoms with Gasteiger partial charge in [0.25, 0.3) is 5.91 Å².